The summed E-state index contributed by atoms with van der Waals surface area (Å²) < 4.78 is 17.2. The Morgan fingerprint density at radius 3 is 2.30 bits per heavy atom. The first-order valence-corrected chi connectivity index (χ1v) is 14.9. The first-order chi connectivity index (χ1) is 10.8. The molecule has 0 N–H and O–H groups in total. The van der Waals surface area contributed by atoms with E-state index in [1.807, 2.05) is 0 Å². The van der Waals surface area contributed by atoms with Gasteiger partial charge in [0.25, 0.3) is 0 Å². The van der Waals surface area contributed by atoms with Crippen LogP contribution in [0.4, 0.5) is 0 Å². The fourth-order valence-corrected chi connectivity index (χ4v) is 10.4. The number of ether oxygens (including phenoxy) is 2. The molecule has 0 saturated carbocycles. The van der Waals surface area contributed by atoms with Crippen LogP contribution in [0, 0.1) is 0 Å². The van der Waals surface area contributed by atoms with Crippen LogP contribution in [0.3, 0.4) is 0 Å². The minimum absolute atomic E-state index is 0.644. The van der Waals surface area contributed by atoms with E-state index in [1.54, 1.807) is 7.11 Å². The third-order valence-electron chi connectivity index (χ3n) is 4.11. The zero-order chi connectivity index (χ0) is 17.3. The van der Waals surface area contributed by atoms with Gasteiger partial charge in [0.15, 0.2) is 16.6 Å². The van der Waals surface area contributed by atoms with Crippen molar-refractivity contribution in [2.24, 2.45) is 0 Å². The Morgan fingerprint density at radius 2 is 1.65 bits per heavy atom. The van der Waals surface area contributed by atoms with Gasteiger partial charge in [-0.15, -0.1) is 0 Å². The lowest BCUT2D eigenvalue weighted by atomic mass is 10.1. The molecule has 0 aromatic heterocycles. The zero-order valence-corrected chi connectivity index (χ0v) is 17.8. The molecule has 0 saturated heterocycles. The van der Waals surface area contributed by atoms with Gasteiger partial charge in [-0.2, -0.15) is 0 Å². The molecule has 1 aromatic carbocycles. The number of hydrogen-bond acceptors (Lipinski definition) is 3. The van der Waals surface area contributed by atoms with E-state index >= 15 is 0 Å². The Bertz CT molecular complexity index is 461. The highest BCUT2D eigenvalue weighted by Gasteiger charge is 2.31. The van der Waals surface area contributed by atoms with E-state index in [2.05, 4.69) is 57.4 Å². The molecule has 132 valence electrons. The van der Waals surface area contributed by atoms with Crippen molar-refractivity contribution >= 4 is 16.6 Å². The zero-order valence-electron chi connectivity index (χ0n) is 15.8. The monoisotopic (exact) mass is 354 g/mol. The number of benzene rings is 1. The van der Waals surface area contributed by atoms with Gasteiger partial charge in [0.2, 0.25) is 0 Å². The number of hydrogen-bond donors (Lipinski definition) is 0. The third kappa shape index (κ3) is 8.81. The normalized spacial score (nSPS) is 12.6. The van der Waals surface area contributed by atoms with Gasteiger partial charge in [-0.3, -0.25) is 0 Å². The van der Waals surface area contributed by atoms with Crippen molar-refractivity contribution in [3.63, 3.8) is 0 Å². The van der Waals surface area contributed by atoms with Crippen molar-refractivity contribution < 1.29 is 13.6 Å². The van der Waals surface area contributed by atoms with Crippen LogP contribution in [0.5, 0.6) is 0 Å². The molecule has 0 spiro atoms. The largest absolute Gasteiger partial charge is 0.455 e. The maximum Gasteiger partial charge on any atom is 0.173 e. The summed E-state index contributed by atoms with van der Waals surface area (Å²) in [7, 11) is -1.34. The topological polar surface area (TPSA) is 27.7 Å². The molecule has 23 heavy (non-hydrogen) atoms. The second-order valence-corrected chi connectivity index (χ2v) is 16.4. The number of aryl methyl sites for hydroxylation is 1. The predicted molar refractivity (Wildman–Crippen MR) is 103 cm³/mol. The second kappa shape index (κ2) is 9.74. The van der Waals surface area contributed by atoms with E-state index in [-0.39, 0.29) is 0 Å². The van der Waals surface area contributed by atoms with E-state index in [9.17, 15) is 0 Å². The molecule has 0 aliphatic rings. The summed E-state index contributed by atoms with van der Waals surface area (Å²) in [5.74, 6) is 0. The van der Waals surface area contributed by atoms with E-state index in [0.29, 0.717) is 19.8 Å². The van der Waals surface area contributed by atoms with E-state index in [4.69, 9.17) is 13.6 Å². The van der Waals surface area contributed by atoms with Crippen LogP contribution in [-0.2, 0) is 26.6 Å². The third-order valence-corrected chi connectivity index (χ3v) is 11.7. The Morgan fingerprint density at radius 1 is 0.957 bits per heavy atom. The molecule has 3 nitrogen and oxygen atoms in total. The van der Waals surface area contributed by atoms with Crippen molar-refractivity contribution in [3.8, 4) is 0 Å². The van der Waals surface area contributed by atoms with Crippen molar-refractivity contribution in [1.82, 2.24) is 0 Å². The predicted octanol–water partition coefficient (Wildman–Crippen LogP) is 4.84. The molecule has 1 rings (SSSR count). The van der Waals surface area contributed by atoms with E-state index in [0.717, 1.165) is 6.42 Å². The molecule has 0 aliphatic carbocycles. The van der Waals surface area contributed by atoms with Crippen LogP contribution in [0.1, 0.15) is 18.1 Å². The fraction of sp³-hybridized carbons (Fsp3) is 0.667. The van der Waals surface area contributed by atoms with Crippen molar-refractivity contribution in [1.29, 1.82) is 0 Å². The van der Waals surface area contributed by atoms with Gasteiger partial charge in [-0.05, 0) is 55.8 Å². The van der Waals surface area contributed by atoms with Gasteiger partial charge in [0.1, 0.15) is 0 Å². The summed E-state index contributed by atoms with van der Waals surface area (Å²) >= 11 is 0. The quantitative estimate of drug-likeness (QED) is 0.420. The summed E-state index contributed by atoms with van der Waals surface area (Å²) in [4.78, 5) is 0. The van der Waals surface area contributed by atoms with Gasteiger partial charge < -0.3 is 13.6 Å². The summed E-state index contributed by atoms with van der Waals surface area (Å²) in [5.41, 5.74) is 2.63. The average molecular weight is 355 g/mol. The molecule has 5 heteroatoms. The highest BCUT2D eigenvalue weighted by molar-refractivity contribution is 6.84. The molecular formula is C18H34O3Si2. The Kier molecular flexibility index (Phi) is 8.71. The molecule has 1 aromatic rings. The minimum atomic E-state index is -1.58. The van der Waals surface area contributed by atoms with E-state index in [1.165, 1.54) is 23.2 Å². The Labute approximate surface area is 144 Å². The number of methoxy groups -OCH3 is 1. The SMILES string of the molecule is CC[Si](C)(C)O[Si](C)(C)CCc1cccc(COCCOC)c1. The lowest BCUT2D eigenvalue weighted by Gasteiger charge is -2.33. The molecule has 0 fully saturated rings. The van der Waals surface area contributed by atoms with Crippen LogP contribution < -0.4 is 0 Å². The lowest BCUT2D eigenvalue weighted by Crippen LogP contribution is -2.44. The molecule has 0 bridgehead atoms. The van der Waals surface area contributed by atoms with Crippen molar-refractivity contribution in [2.45, 2.75) is 58.2 Å². The van der Waals surface area contributed by atoms with Gasteiger partial charge in [-0.1, -0.05) is 31.2 Å². The number of rotatable bonds is 11. The Hall–Kier alpha value is -0.466. The highest BCUT2D eigenvalue weighted by Crippen LogP contribution is 2.23. The minimum Gasteiger partial charge on any atom is -0.455 e. The summed E-state index contributed by atoms with van der Waals surface area (Å²) in [6.45, 7) is 13.6. The molecule has 0 unspecified atom stereocenters. The second-order valence-electron chi connectivity index (χ2n) is 7.34. The van der Waals surface area contributed by atoms with Crippen LogP contribution in [0.2, 0.25) is 38.3 Å². The molecular weight excluding hydrogens is 320 g/mol. The van der Waals surface area contributed by atoms with Crippen LogP contribution in [0.15, 0.2) is 24.3 Å². The van der Waals surface area contributed by atoms with Gasteiger partial charge in [0.05, 0.1) is 19.8 Å². The maximum absolute atomic E-state index is 6.56. The van der Waals surface area contributed by atoms with Gasteiger partial charge >= 0.3 is 0 Å². The first-order valence-electron chi connectivity index (χ1n) is 8.63. The van der Waals surface area contributed by atoms with E-state index < -0.39 is 16.6 Å². The standard InChI is InChI=1S/C18H34O3Si2/c1-7-22(3,4)21-23(5,6)14-11-17-9-8-10-18(15-17)16-20-13-12-19-2/h8-10,15H,7,11-14,16H2,1-6H3. The molecule has 0 aliphatic heterocycles. The average Bonchev–Trinajstić information content (AvgIpc) is 2.49. The first kappa shape index (κ1) is 20.6. The smallest absolute Gasteiger partial charge is 0.173 e. The Balaban J connectivity index is 2.50. The molecule has 0 amide bonds. The maximum atomic E-state index is 6.56. The summed E-state index contributed by atoms with van der Waals surface area (Å²) in [6, 6.07) is 11.1. The van der Waals surface area contributed by atoms with Crippen LogP contribution >= 0.6 is 0 Å². The summed E-state index contributed by atoms with van der Waals surface area (Å²) in [5, 5.41) is 0. The van der Waals surface area contributed by atoms with Gasteiger partial charge in [-0.25, -0.2) is 0 Å². The molecule has 0 radical (unpaired) electrons. The summed E-state index contributed by atoms with van der Waals surface area (Å²) in [6.07, 6.45) is 1.10. The molecule has 0 heterocycles. The van der Waals surface area contributed by atoms with Crippen LogP contribution in [0.25, 0.3) is 0 Å². The van der Waals surface area contributed by atoms with Crippen molar-refractivity contribution in [3.05, 3.63) is 35.4 Å². The van der Waals surface area contributed by atoms with Crippen molar-refractivity contribution in [2.75, 3.05) is 20.3 Å². The fourth-order valence-electron chi connectivity index (χ4n) is 2.52. The van der Waals surface area contributed by atoms with Crippen LogP contribution in [-0.4, -0.2) is 37.0 Å². The highest BCUT2D eigenvalue weighted by atomic mass is 28.4. The molecule has 0 atom stereocenters. The van der Waals surface area contributed by atoms with Gasteiger partial charge in [0, 0.05) is 7.11 Å². The lowest BCUT2D eigenvalue weighted by molar-refractivity contribution is 0.0616.